The molecule has 2 rings (SSSR count). The molecule has 0 radical (unpaired) electrons. The van der Waals surface area contributed by atoms with E-state index >= 15 is 0 Å². The van der Waals surface area contributed by atoms with E-state index in [1.807, 2.05) is 0 Å². The Morgan fingerprint density at radius 1 is 1.18 bits per heavy atom. The minimum Gasteiger partial charge on any atom is -0.311 e. The van der Waals surface area contributed by atoms with Gasteiger partial charge in [-0.1, -0.05) is 19.8 Å². The summed E-state index contributed by atoms with van der Waals surface area (Å²) in [5.74, 6) is 0.945. The predicted octanol–water partition coefficient (Wildman–Crippen LogP) is 2.32. The van der Waals surface area contributed by atoms with Crippen molar-refractivity contribution in [2.45, 2.75) is 51.0 Å². The molecule has 2 unspecified atom stereocenters. The molecule has 2 aliphatic rings. The van der Waals surface area contributed by atoms with E-state index < -0.39 is 0 Å². The Bertz CT molecular complexity index is 134. The molecule has 1 nitrogen and oxygen atoms in total. The van der Waals surface area contributed by atoms with Crippen molar-refractivity contribution in [3.8, 4) is 0 Å². The van der Waals surface area contributed by atoms with Crippen LogP contribution in [0.15, 0.2) is 0 Å². The zero-order valence-electron chi connectivity index (χ0n) is 7.53. The molecule has 0 aromatic heterocycles. The van der Waals surface area contributed by atoms with Crippen molar-refractivity contribution in [1.82, 2.24) is 5.32 Å². The lowest BCUT2D eigenvalue weighted by Gasteiger charge is -2.48. The average molecular weight is 153 g/mol. The molecule has 2 fully saturated rings. The van der Waals surface area contributed by atoms with Crippen LogP contribution in [-0.2, 0) is 0 Å². The summed E-state index contributed by atoms with van der Waals surface area (Å²) in [6, 6.07) is 0. The Kier molecular flexibility index (Phi) is 1.92. The molecule has 1 heterocycles. The molecule has 0 aromatic carbocycles. The largest absolute Gasteiger partial charge is 0.311 e. The molecule has 1 spiro atoms. The van der Waals surface area contributed by atoms with Crippen molar-refractivity contribution in [3.05, 3.63) is 0 Å². The summed E-state index contributed by atoms with van der Waals surface area (Å²) in [5.41, 5.74) is 0.594. The highest BCUT2D eigenvalue weighted by atomic mass is 15.0. The summed E-state index contributed by atoms with van der Waals surface area (Å²) >= 11 is 0. The van der Waals surface area contributed by atoms with Crippen LogP contribution >= 0.6 is 0 Å². The van der Waals surface area contributed by atoms with Crippen LogP contribution in [0.5, 0.6) is 0 Å². The fraction of sp³-hybridized carbons (Fsp3) is 1.00. The smallest absolute Gasteiger partial charge is 0.0207 e. The van der Waals surface area contributed by atoms with E-state index in [-0.39, 0.29) is 0 Å². The van der Waals surface area contributed by atoms with Crippen LogP contribution in [0.2, 0.25) is 0 Å². The van der Waals surface area contributed by atoms with E-state index in [1.54, 1.807) is 0 Å². The van der Waals surface area contributed by atoms with Crippen LogP contribution < -0.4 is 5.32 Å². The van der Waals surface area contributed by atoms with Crippen molar-refractivity contribution in [2.75, 3.05) is 6.54 Å². The lowest BCUT2D eigenvalue weighted by atomic mass is 9.65. The molecule has 11 heavy (non-hydrogen) atoms. The van der Waals surface area contributed by atoms with Gasteiger partial charge in [0.2, 0.25) is 0 Å². The molecule has 64 valence electrons. The monoisotopic (exact) mass is 153 g/mol. The first kappa shape index (κ1) is 7.60. The second-order valence-electron chi connectivity index (χ2n) is 4.33. The Hall–Kier alpha value is -0.0400. The minimum atomic E-state index is 0.594. The average Bonchev–Trinajstić information content (AvgIpc) is 2.28. The van der Waals surface area contributed by atoms with Gasteiger partial charge in [0, 0.05) is 5.54 Å². The standard InChI is InChI=1S/C10H19N/c1-9-5-7-10(9)6-3-2-4-8-11-10/h9,11H,2-8H2,1H3. The molecule has 0 aromatic rings. The molecule has 1 N–H and O–H groups in total. The Balaban J connectivity index is 1.99. The van der Waals surface area contributed by atoms with Gasteiger partial charge in [-0.15, -0.1) is 0 Å². The van der Waals surface area contributed by atoms with Gasteiger partial charge < -0.3 is 5.32 Å². The van der Waals surface area contributed by atoms with Gasteiger partial charge in [0.15, 0.2) is 0 Å². The quantitative estimate of drug-likeness (QED) is 0.563. The highest BCUT2D eigenvalue weighted by molar-refractivity contribution is 5.01. The number of rotatable bonds is 0. The first-order chi connectivity index (χ1) is 5.33. The van der Waals surface area contributed by atoms with E-state index in [1.165, 1.54) is 45.1 Å². The second-order valence-corrected chi connectivity index (χ2v) is 4.33. The molecule has 1 aliphatic heterocycles. The lowest BCUT2D eigenvalue weighted by molar-refractivity contribution is 0.0923. The van der Waals surface area contributed by atoms with Gasteiger partial charge in [0.1, 0.15) is 0 Å². The Morgan fingerprint density at radius 2 is 2.09 bits per heavy atom. The fourth-order valence-electron chi connectivity index (χ4n) is 2.58. The maximum Gasteiger partial charge on any atom is 0.0207 e. The summed E-state index contributed by atoms with van der Waals surface area (Å²) in [6.07, 6.45) is 8.63. The van der Waals surface area contributed by atoms with Crippen molar-refractivity contribution in [2.24, 2.45) is 5.92 Å². The molecule has 1 saturated carbocycles. The van der Waals surface area contributed by atoms with Gasteiger partial charge in [-0.05, 0) is 38.1 Å². The van der Waals surface area contributed by atoms with E-state index in [9.17, 15) is 0 Å². The van der Waals surface area contributed by atoms with Crippen LogP contribution in [0.1, 0.15) is 45.4 Å². The normalized spacial score (nSPS) is 45.0. The van der Waals surface area contributed by atoms with Gasteiger partial charge in [-0.3, -0.25) is 0 Å². The summed E-state index contributed by atoms with van der Waals surface area (Å²) < 4.78 is 0. The summed E-state index contributed by atoms with van der Waals surface area (Å²) in [5, 5.41) is 3.74. The summed E-state index contributed by atoms with van der Waals surface area (Å²) in [6.45, 7) is 3.67. The molecule has 1 aliphatic carbocycles. The van der Waals surface area contributed by atoms with Crippen LogP contribution in [0, 0.1) is 5.92 Å². The number of hydrogen-bond acceptors (Lipinski definition) is 1. The van der Waals surface area contributed by atoms with E-state index in [0.29, 0.717) is 5.54 Å². The maximum atomic E-state index is 3.74. The van der Waals surface area contributed by atoms with Gasteiger partial charge >= 0.3 is 0 Å². The topological polar surface area (TPSA) is 12.0 Å². The highest BCUT2D eigenvalue weighted by Gasteiger charge is 2.43. The molecular weight excluding hydrogens is 134 g/mol. The zero-order chi connectivity index (χ0) is 7.73. The zero-order valence-corrected chi connectivity index (χ0v) is 7.53. The Labute approximate surface area is 69.6 Å². The highest BCUT2D eigenvalue weighted by Crippen LogP contribution is 2.42. The summed E-state index contributed by atoms with van der Waals surface area (Å²) in [7, 11) is 0. The Morgan fingerprint density at radius 3 is 2.73 bits per heavy atom. The summed E-state index contributed by atoms with van der Waals surface area (Å²) in [4.78, 5) is 0. The first-order valence-electron chi connectivity index (χ1n) is 5.08. The third-order valence-corrected chi connectivity index (χ3v) is 3.74. The van der Waals surface area contributed by atoms with Gasteiger partial charge in [0.25, 0.3) is 0 Å². The molecular formula is C10H19N. The van der Waals surface area contributed by atoms with Gasteiger partial charge in [-0.25, -0.2) is 0 Å². The maximum absolute atomic E-state index is 3.74. The lowest BCUT2D eigenvalue weighted by Crippen LogP contribution is -2.56. The number of hydrogen-bond donors (Lipinski definition) is 1. The molecule has 2 atom stereocenters. The molecule has 1 heteroatoms. The third-order valence-electron chi connectivity index (χ3n) is 3.74. The van der Waals surface area contributed by atoms with E-state index in [4.69, 9.17) is 0 Å². The predicted molar refractivity (Wildman–Crippen MR) is 47.6 cm³/mol. The van der Waals surface area contributed by atoms with Crippen LogP contribution in [0.4, 0.5) is 0 Å². The molecule has 0 amide bonds. The SMILES string of the molecule is CC1CCC12CCCCCN2. The van der Waals surface area contributed by atoms with Crippen LogP contribution in [0.3, 0.4) is 0 Å². The van der Waals surface area contributed by atoms with E-state index in [0.717, 1.165) is 5.92 Å². The van der Waals surface area contributed by atoms with Crippen molar-refractivity contribution < 1.29 is 0 Å². The van der Waals surface area contributed by atoms with Gasteiger partial charge in [0.05, 0.1) is 0 Å². The fourth-order valence-corrected chi connectivity index (χ4v) is 2.58. The first-order valence-corrected chi connectivity index (χ1v) is 5.08. The molecule has 1 saturated heterocycles. The van der Waals surface area contributed by atoms with Crippen molar-refractivity contribution in [3.63, 3.8) is 0 Å². The van der Waals surface area contributed by atoms with Gasteiger partial charge in [-0.2, -0.15) is 0 Å². The second kappa shape index (κ2) is 2.78. The van der Waals surface area contributed by atoms with Crippen LogP contribution in [-0.4, -0.2) is 12.1 Å². The number of nitrogens with one attached hydrogen (secondary N) is 1. The third kappa shape index (κ3) is 1.20. The van der Waals surface area contributed by atoms with E-state index in [2.05, 4.69) is 12.2 Å². The molecule has 0 bridgehead atoms. The van der Waals surface area contributed by atoms with Crippen molar-refractivity contribution >= 4 is 0 Å². The minimum absolute atomic E-state index is 0.594. The van der Waals surface area contributed by atoms with Crippen LogP contribution in [0.25, 0.3) is 0 Å². The van der Waals surface area contributed by atoms with Crippen molar-refractivity contribution in [1.29, 1.82) is 0 Å².